The number of anilines is 1. The quantitative estimate of drug-likeness (QED) is 0.712. The molecule has 3 fully saturated rings. The Morgan fingerprint density at radius 2 is 2.00 bits per heavy atom. The maximum atomic E-state index is 14.7. The fraction of sp³-hybridized carbons (Fsp3) is 0.400. The van der Waals surface area contributed by atoms with E-state index in [-0.39, 0.29) is 23.1 Å². The number of halogens is 2. The summed E-state index contributed by atoms with van der Waals surface area (Å²) in [5, 5.41) is 20.0. The highest BCUT2D eigenvalue weighted by Gasteiger charge is 2.36. The van der Waals surface area contributed by atoms with Crippen LogP contribution in [-0.2, 0) is 0 Å². The topological polar surface area (TPSA) is 90.3 Å². The highest BCUT2D eigenvalue weighted by atomic mass is 19.1. The van der Waals surface area contributed by atoms with Gasteiger partial charge in [-0.15, -0.1) is 0 Å². The van der Waals surface area contributed by atoms with Gasteiger partial charge in [0, 0.05) is 6.04 Å². The fourth-order valence-corrected chi connectivity index (χ4v) is 4.65. The van der Waals surface area contributed by atoms with Crippen molar-refractivity contribution < 1.29 is 8.78 Å². The number of pyridine rings is 2. The average Bonchev–Trinajstić information content (AvgIpc) is 3.13. The Bertz CT molecular complexity index is 1090. The number of nitrogens with one attached hydrogen (secondary N) is 2. The number of fused-ring (bicyclic) bond motifs is 4. The van der Waals surface area contributed by atoms with Crippen molar-refractivity contribution in [3.8, 4) is 17.5 Å². The molecule has 0 spiro atoms. The van der Waals surface area contributed by atoms with Gasteiger partial charge in [0.15, 0.2) is 17.3 Å². The molecule has 3 heterocycles. The molecule has 2 N–H and O–H groups in total. The lowest BCUT2D eigenvalue weighted by Gasteiger charge is -2.42. The molecule has 6 rings (SSSR count). The molecule has 3 aromatic rings. The van der Waals surface area contributed by atoms with Crippen molar-refractivity contribution in [2.24, 2.45) is 11.8 Å². The molecule has 6 nitrogen and oxygen atoms in total. The normalized spacial score (nSPS) is 23.7. The number of hydrogen-bond acceptors (Lipinski definition) is 5. The molecule has 2 bridgehead atoms. The van der Waals surface area contributed by atoms with Gasteiger partial charge in [-0.1, -0.05) is 12.8 Å². The van der Waals surface area contributed by atoms with Crippen molar-refractivity contribution in [3.05, 3.63) is 35.5 Å². The van der Waals surface area contributed by atoms with Gasteiger partial charge in [-0.3, -0.25) is 5.10 Å². The van der Waals surface area contributed by atoms with Gasteiger partial charge in [0.25, 0.3) is 0 Å². The lowest BCUT2D eigenvalue weighted by Crippen LogP contribution is -2.40. The molecule has 0 aliphatic heterocycles. The van der Waals surface area contributed by atoms with Crippen LogP contribution in [0.1, 0.15) is 37.7 Å². The summed E-state index contributed by atoms with van der Waals surface area (Å²) >= 11 is 0. The number of hydrogen-bond donors (Lipinski definition) is 2. The second kappa shape index (κ2) is 6.51. The van der Waals surface area contributed by atoms with Crippen LogP contribution in [0.5, 0.6) is 0 Å². The Hall–Kier alpha value is -3.08. The Balaban J connectivity index is 1.57. The zero-order chi connectivity index (χ0) is 19.3. The van der Waals surface area contributed by atoms with E-state index in [1.54, 1.807) is 0 Å². The first kappa shape index (κ1) is 17.0. The molecule has 0 amide bonds. The van der Waals surface area contributed by atoms with Crippen LogP contribution < -0.4 is 5.32 Å². The van der Waals surface area contributed by atoms with E-state index in [9.17, 15) is 14.0 Å². The van der Waals surface area contributed by atoms with Crippen molar-refractivity contribution in [2.75, 3.05) is 5.32 Å². The summed E-state index contributed by atoms with van der Waals surface area (Å²) in [4.78, 5) is 8.34. The second-order valence-electron chi connectivity index (χ2n) is 7.72. The van der Waals surface area contributed by atoms with Gasteiger partial charge in [-0.05, 0) is 43.2 Å². The van der Waals surface area contributed by atoms with Crippen molar-refractivity contribution >= 4 is 16.9 Å². The van der Waals surface area contributed by atoms with Crippen LogP contribution in [0.3, 0.4) is 0 Å². The highest BCUT2D eigenvalue weighted by Crippen LogP contribution is 2.42. The first-order chi connectivity index (χ1) is 13.6. The minimum Gasteiger partial charge on any atom is -0.365 e. The Morgan fingerprint density at radius 1 is 1.18 bits per heavy atom. The Kier molecular flexibility index (Phi) is 3.97. The van der Waals surface area contributed by atoms with Crippen LogP contribution in [0.2, 0.25) is 0 Å². The van der Waals surface area contributed by atoms with Crippen LogP contribution in [0.25, 0.3) is 22.4 Å². The molecular formula is C20H18F2N6. The van der Waals surface area contributed by atoms with Crippen LogP contribution in [0.4, 0.5) is 14.6 Å². The molecule has 3 aliphatic carbocycles. The van der Waals surface area contributed by atoms with Gasteiger partial charge in [0.2, 0.25) is 0 Å². The monoisotopic (exact) mass is 380 g/mol. The summed E-state index contributed by atoms with van der Waals surface area (Å²) in [6.45, 7) is 0. The summed E-state index contributed by atoms with van der Waals surface area (Å²) in [6, 6.07) is 4.61. The number of nitriles is 1. The van der Waals surface area contributed by atoms with E-state index < -0.39 is 11.6 Å². The minimum atomic E-state index is -0.560. The van der Waals surface area contributed by atoms with Crippen molar-refractivity contribution in [1.29, 1.82) is 5.26 Å². The number of nitrogens with zero attached hydrogens (tertiary/aromatic N) is 4. The summed E-state index contributed by atoms with van der Waals surface area (Å²) in [6.07, 6.45) is 6.89. The number of aromatic nitrogens is 4. The second-order valence-corrected chi connectivity index (χ2v) is 7.72. The predicted octanol–water partition coefficient (Wildman–Crippen LogP) is 4.16. The molecule has 0 unspecified atom stereocenters. The molecule has 8 heteroatoms. The minimum absolute atomic E-state index is 0.0584. The van der Waals surface area contributed by atoms with Crippen molar-refractivity contribution in [3.63, 3.8) is 0 Å². The molecule has 0 radical (unpaired) electrons. The third kappa shape index (κ3) is 2.78. The number of H-pyrrole nitrogens is 1. The van der Waals surface area contributed by atoms with Crippen LogP contribution in [0, 0.1) is 34.8 Å². The first-order valence-corrected chi connectivity index (χ1v) is 9.49. The molecule has 1 atom stereocenters. The van der Waals surface area contributed by atoms with Gasteiger partial charge >= 0.3 is 0 Å². The lowest BCUT2D eigenvalue weighted by atomic mass is 9.68. The van der Waals surface area contributed by atoms with E-state index in [2.05, 4.69) is 25.5 Å². The van der Waals surface area contributed by atoms with Crippen LogP contribution in [0.15, 0.2) is 18.3 Å². The van der Waals surface area contributed by atoms with Gasteiger partial charge < -0.3 is 5.32 Å². The Morgan fingerprint density at radius 3 is 2.71 bits per heavy atom. The standard InChI is InChI=1S/C20H18F2N6/c21-13-7-14-18(27-28-19(14)24-9-13)17-12(8-23)6-15(22)20(26-17)25-16-5-10-1-3-11(16)4-2-10/h6-7,9-11,16H,1-5H2,(H,25,26)(H,24,27,28)/t10?,11?,16-/m0/s1. The summed E-state index contributed by atoms with van der Waals surface area (Å²) in [5.74, 6) is 0.256. The summed E-state index contributed by atoms with van der Waals surface area (Å²) in [7, 11) is 0. The summed E-state index contributed by atoms with van der Waals surface area (Å²) < 4.78 is 28.3. The zero-order valence-electron chi connectivity index (χ0n) is 15.0. The zero-order valence-corrected chi connectivity index (χ0v) is 15.0. The number of aromatic amines is 1. The van der Waals surface area contributed by atoms with E-state index in [0.717, 1.165) is 25.5 Å². The van der Waals surface area contributed by atoms with Crippen molar-refractivity contribution in [2.45, 2.75) is 38.1 Å². The molecule has 0 aromatic carbocycles. The SMILES string of the molecule is N#Cc1cc(F)c(N[C@H]2CC3CCC2CC3)nc1-c1[nH]nc2ncc(F)cc12. The van der Waals surface area contributed by atoms with Crippen LogP contribution >= 0.6 is 0 Å². The third-order valence-corrected chi connectivity index (χ3v) is 6.08. The van der Waals surface area contributed by atoms with Crippen LogP contribution in [-0.4, -0.2) is 26.2 Å². The smallest absolute Gasteiger partial charge is 0.181 e. The maximum Gasteiger partial charge on any atom is 0.181 e. The Labute approximate surface area is 160 Å². The molecule has 3 aromatic heterocycles. The van der Waals surface area contributed by atoms with Gasteiger partial charge in [-0.25, -0.2) is 18.7 Å². The fourth-order valence-electron chi connectivity index (χ4n) is 4.65. The first-order valence-electron chi connectivity index (χ1n) is 9.49. The lowest BCUT2D eigenvalue weighted by molar-refractivity contribution is 0.157. The van der Waals surface area contributed by atoms with Crippen molar-refractivity contribution in [1.82, 2.24) is 20.2 Å². The molecular weight excluding hydrogens is 362 g/mol. The number of rotatable bonds is 3. The van der Waals surface area contributed by atoms with E-state index in [0.29, 0.717) is 28.6 Å². The largest absolute Gasteiger partial charge is 0.365 e. The molecule has 3 aliphatic rings. The van der Waals surface area contributed by atoms with E-state index in [1.165, 1.54) is 25.0 Å². The molecule has 3 saturated carbocycles. The third-order valence-electron chi connectivity index (χ3n) is 6.08. The average molecular weight is 380 g/mol. The molecule has 28 heavy (non-hydrogen) atoms. The summed E-state index contributed by atoms with van der Waals surface area (Å²) in [5.41, 5.74) is 0.961. The van der Waals surface area contributed by atoms with Gasteiger partial charge in [0.05, 0.1) is 22.8 Å². The van der Waals surface area contributed by atoms with E-state index in [4.69, 9.17) is 0 Å². The highest BCUT2D eigenvalue weighted by molar-refractivity contribution is 5.91. The predicted molar refractivity (Wildman–Crippen MR) is 99.2 cm³/mol. The molecule has 0 saturated heterocycles. The van der Waals surface area contributed by atoms with Gasteiger partial charge in [0.1, 0.15) is 17.6 Å². The van der Waals surface area contributed by atoms with Gasteiger partial charge in [-0.2, -0.15) is 10.4 Å². The van der Waals surface area contributed by atoms with E-state index in [1.807, 2.05) is 6.07 Å². The maximum absolute atomic E-state index is 14.7. The van der Waals surface area contributed by atoms with E-state index >= 15 is 0 Å². The molecule has 142 valence electrons.